The number of benzene rings is 1. The van der Waals surface area contributed by atoms with E-state index in [0.29, 0.717) is 11.7 Å². The molecule has 0 aromatic heterocycles. The normalized spacial score (nSPS) is 20.3. The summed E-state index contributed by atoms with van der Waals surface area (Å²) in [4.78, 5) is 13.3. The number of nitrogens with zero attached hydrogens (tertiary/aromatic N) is 1. The molecule has 17 heavy (non-hydrogen) atoms. The summed E-state index contributed by atoms with van der Waals surface area (Å²) in [5, 5.41) is 9.05. The predicted octanol–water partition coefficient (Wildman–Crippen LogP) is 1.91. The van der Waals surface area contributed by atoms with Crippen LogP contribution in [0.15, 0.2) is 18.2 Å². The molecule has 0 spiro atoms. The highest BCUT2D eigenvalue weighted by Gasteiger charge is 2.20. The second kappa shape index (κ2) is 4.87. The topological polar surface area (TPSA) is 66.6 Å². The molecule has 1 aliphatic rings. The van der Waals surface area contributed by atoms with Gasteiger partial charge < -0.3 is 15.7 Å². The van der Waals surface area contributed by atoms with E-state index in [-0.39, 0.29) is 5.56 Å². The van der Waals surface area contributed by atoms with E-state index in [4.69, 9.17) is 10.8 Å². The maximum absolute atomic E-state index is 11.0. The number of nitrogens with two attached hydrogens (primary N) is 1. The van der Waals surface area contributed by atoms with E-state index in [9.17, 15) is 4.79 Å². The smallest absolute Gasteiger partial charge is 0.337 e. The number of carboxylic acid groups (broad SMARTS) is 1. The molecule has 1 saturated heterocycles. The van der Waals surface area contributed by atoms with Gasteiger partial charge in [-0.15, -0.1) is 0 Å². The van der Waals surface area contributed by atoms with Gasteiger partial charge in [0.25, 0.3) is 0 Å². The van der Waals surface area contributed by atoms with Crippen molar-refractivity contribution in [2.45, 2.75) is 13.0 Å². The lowest BCUT2D eigenvalue weighted by molar-refractivity contribution is 0.0698. The minimum atomic E-state index is -0.969. The number of anilines is 2. The number of hydrogen-bond donors (Lipinski definition) is 2. The zero-order valence-corrected chi connectivity index (χ0v) is 10.5. The number of hydrogen-bond acceptors (Lipinski definition) is 4. The van der Waals surface area contributed by atoms with Crippen LogP contribution in [0.1, 0.15) is 17.3 Å². The molecule has 5 heteroatoms. The van der Waals surface area contributed by atoms with E-state index < -0.39 is 5.97 Å². The number of rotatable bonds is 2. The van der Waals surface area contributed by atoms with Crippen LogP contribution < -0.4 is 10.6 Å². The van der Waals surface area contributed by atoms with E-state index in [1.165, 1.54) is 0 Å². The summed E-state index contributed by atoms with van der Waals surface area (Å²) in [6, 6.07) is 5.67. The number of aromatic carboxylic acids is 1. The molecular weight excluding hydrogens is 236 g/mol. The summed E-state index contributed by atoms with van der Waals surface area (Å²) in [6.45, 7) is 3.11. The van der Waals surface area contributed by atoms with E-state index >= 15 is 0 Å². The summed E-state index contributed by atoms with van der Waals surface area (Å²) in [7, 11) is 0. The first-order valence-electron chi connectivity index (χ1n) is 5.57. The van der Waals surface area contributed by atoms with E-state index in [2.05, 4.69) is 11.8 Å². The Morgan fingerprint density at radius 2 is 2.35 bits per heavy atom. The summed E-state index contributed by atoms with van der Waals surface area (Å²) < 4.78 is 0. The van der Waals surface area contributed by atoms with Gasteiger partial charge in [-0.05, 0) is 25.1 Å². The van der Waals surface area contributed by atoms with Crippen LogP contribution in [0, 0.1) is 0 Å². The van der Waals surface area contributed by atoms with Gasteiger partial charge in [0, 0.05) is 35.5 Å². The highest BCUT2D eigenvalue weighted by atomic mass is 32.2. The van der Waals surface area contributed by atoms with Crippen molar-refractivity contribution < 1.29 is 9.90 Å². The summed E-state index contributed by atoms with van der Waals surface area (Å²) in [5.74, 6) is 1.19. The Hall–Kier alpha value is -1.36. The largest absolute Gasteiger partial charge is 0.478 e. The minimum Gasteiger partial charge on any atom is -0.478 e. The van der Waals surface area contributed by atoms with Crippen LogP contribution in [0.3, 0.4) is 0 Å². The van der Waals surface area contributed by atoms with Crippen molar-refractivity contribution in [2.75, 3.05) is 28.7 Å². The molecule has 0 amide bonds. The molecule has 3 N–H and O–H groups in total. The van der Waals surface area contributed by atoms with Gasteiger partial charge in [-0.3, -0.25) is 0 Å². The summed E-state index contributed by atoms with van der Waals surface area (Å²) in [5.41, 5.74) is 7.11. The molecule has 0 bridgehead atoms. The summed E-state index contributed by atoms with van der Waals surface area (Å²) >= 11 is 1.93. The first-order chi connectivity index (χ1) is 8.09. The Kier molecular flexibility index (Phi) is 3.47. The molecule has 1 aromatic carbocycles. The van der Waals surface area contributed by atoms with Crippen LogP contribution in [0.2, 0.25) is 0 Å². The molecule has 1 fully saturated rings. The monoisotopic (exact) mass is 252 g/mol. The molecule has 1 unspecified atom stereocenters. The van der Waals surface area contributed by atoms with Crippen LogP contribution >= 0.6 is 11.8 Å². The predicted molar refractivity (Wildman–Crippen MR) is 71.9 cm³/mol. The van der Waals surface area contributed by atoms with E-state index in [1.807, 2.05) is 17.8 Å². The number of nitrogen functional groups attached to an aromatic ring is 1. The van der Waals surface area contributed by atoms with Crippen molar-refractivity contribution in [1.29, 1.82) is 0 Å². The van der Waals surface area contributed by atoms with Gasteiger partial charge in [0.15, 0.2) is 0 Å². The second-order valence-corrected chi connectivity index (χ2v) is 5.34. The first kappa shape index (κ1) is 12.1. The average Bonchev–Trinajstić information content (AvgIpc) is 2.30. The maximum Gasteiger partial charge on any atom is 0.337 e. The van der Waals surface area contributed by atoms with Crippen LogP contribution in [0.4, 0.5) is 11.4 Å². The molecule has 1 atom stereocenters. The zero-order chi connectivity index (χ0) is 12.4. The minimum absolute atomic E-state index is 0.188. The van der Waals surface area contributed by atoms with Gasteiger partial charge in [-0.1, -0.05) is 0 Å². The average molecular weight is 252 g/mol. The molecule has 4 nitrogen and oxygen atoms in total. The SMILES string of the molecule is CC1CSCCN1c1ccc(N)c(C(=O)O)c1. The van der Waals surface area contributed by atoms with Crippen LogP contribution in [-0.4, -0.2) is 35.2 Å². The number of carboxylic acids is 1. The fourth-order valence-electron chi connectivity index (χ4n) is 2.02. The Bertz CT molecular complexity index is 437. The molecule has 0 radical (unpaired) electrons. The van der Waals surface area contributed by atoms with E-state index in [1.54, 1.807) is 12.1 Å². The first-order valence-corrected chi connectivity index (χ1v) is 6.72. The third-order valence-electron chi connectivity index (χ3n) is 2.97. The highest BCUT2D eigenvalue weighted by molar-refractivity contribution is 7.99. The van der Waals surface area contributed by atoms with Gasteiger partial charge in [0.2, 0.25) is 0 Å². The quantitative estimate of drug-likeness (QED) is 0.787. The zero-order valence-electron chi connectivity index (χ0n) is 9.72. The molecule has 1 aromatic rings. The molecule has 1 heterocycles. The molecule has 92 valence electrons. The molecule has 1 aliphatic heterocycles. The van der Waals surface area contributed by atoms with Gasteiger partial charge in [0.1, 0.15) is 0 Å². The Labute approximate surface area is 105 Å². The van der Waals surface area contributed by atoms with Crippen LogP contribution in [0.25, 0.3) is 0 Å². The lowest BCUT2D eigenvalue weighted by Crippen LogP contribution is -2.40. The van der Waals surface area contributed by atoms with Crippen molar-refractivity contribution in [3.63, 3.8) is 0 Å². The van der Waals surface area contributed by atoms with Gasteiger partial charge in [-0.2, -0.15) is 11.8 Å². The fourth-order valence-corrected chi connectivity index (χ4v) is 3.03. The molecular formula is C12H16N2O2S. The van der Waals surface area contributed by atoms with Gasteiger partial charge >= 0.3 is 5.97 Å². The fraction of sp³-hybridized carbons (Fsp3) is 0.417. The molecule has 0 saturated carbocycles. The van der Waals surface area contributed by atoms with Crippen molar-refractivity contribution in [1.82, 2.24) is 0 Å². The lowest BCUT2D eigenvalue weighted by Gasteiger charge is -2.35. The Morgan fingerprint density at radius 1 is 1.59 bits per heavy atom. The second-order valence-electron chi connectivity index (χ2n) is 4.19. The number of carbonyl (C=O) groups is 1. The van der Waals surface area contributed by atoms with Crippen LogP contribution in [-0.2, 0) is 0 Å². The van der Waals surface area contributed by atoms with Crippen molar-refractivity contribution in [2.24, 2.45) is 0 Å². The Balaban J connectivity index is 2.32. The highest BCUT2D eigenvalue weighted by Crippen LogP contribution is 2.26. The summed E-state index contributed by atoms with van der Waals surface area (Å²) in [6.07, 6.45) is 0. The van der Waals surface area contributed by atoms with Crippen molar-refractivity contribution in [3.05, 3.63) is 23.8 Å². The maximum atomic E-state index is 11.0. The standard InChI is InChI=1S/C12H16N2O2S/c1-8-7-17-5-4-14(8)9-2-3-11(13)10(6-9)12(15)16/h2-3,6,8H,4-5,7,13H2,1H3,(H,15,16). The molecule has 2 rings (SSSR count). The third-order valence-corrected chi connectivity index (χ3v) is 4.16. The number of thioether (sulfide) groups is 1. The van der Waals surface area contributed by atoms with Gasteiger partial charge in [-0.25, -0.2) is 4.79 Å². The van der Waals surface area contributed by atoms with Crippen molar-refractivity contribution >= 4 is 29.1 Å². The van der Waals surface area contributed by atoms with E-state index in [0.717, 1.165) is 23.7 Å². The Morgan fingerprint density at radius 3 is 3.00 bits per heavy atom. The lowest BCUT2D eigenvalue weighted by atomic mass is 10.1. The van der Waals surface area contributed by atoms with Gasteiger partial charge in [0.05, 0.1) is 5.56 Å². The van der Waals surface area contributed by atoms with Crippen LogP contribution in [0.5, 0.6) is 0 Å². The third kappa shape index (κ3) is 2.49. The van der Waals surface area contributed by atoms with Crippen molar-refractivity contribution in [3.8, 4) is 0 Å². The molecule has 0 aliphatic carbocycles.